The molecule has 2 unspecified atom stereocenters. The van der Waals surface area contributed by atoms with Crippen molar-refractivity contribution in [3.05, 3.63) is 49.6 Å². The fraction of sp³-hybridized carbons (Fsp3) is 0.552. The summed E-state index contributed by atoms with van der Waals surface area (Å²) >= 11 is 1.57. The number of hydrogen-bond acceptors (Lipinski definition) is 8. The average Bonchev–Trinajstić information content (AvgIpc) is 3.63. The Morgan fingerprint density at radius 1 is 1.27 bits per heavy atom. The van der Waals surface area contributed by atoms with E-state index in [1.54, 1.807) is 32.3 Å². The molecule has 214 valence electrons. The molecule has 3 aliphatic heterocycles. The summed E-state index contributed by atoms with van der Waals surface area (Å²) in [6.45, 7) is 13.5. The topological polar surface area (TPSA) is 118 Å². The summed E-state index contributed by atoms with van der Waals surface area (Å²) in [6, 6.07) is 6.05. The Hall–Kier alpha value is -3.18. The van der Waals surface area contributed by atoms with E-state index in [4.69, 9.17) is 4.74 Å². The van der Waals surface area contributed by atoms with Gasteiger partial charge < -0.3 is 19.6 Å². The standard InChI is InChI=1S/C29H37N5O5S/c1-6-14-32(17-33-20-11-9-8-10-19(20)30-31-33)26(37)24-29-13-12-28(5,40-29)23(27(38)39-15-7-2)22(29)25(36)34(24)21(16-35)18(3)4/h6-11,18,21-24,35H,1-2,12-17H2,3-5H3/t21-,22-,23+,24?,28-,29?/m0/s1. The lowest BCUT2D eigenvalue weighted by Gasteiger charge is -2.40. The van der Waals surface area contributed by atoms with Crippen molar-refractivity contribution in [1.29, 1.82) is 0 Å². The summed E-state index contributed by atoms with van der Waals surface area (Å²) in [5, 5.41) is 18.9. The van der Waals surface area contributed by atoms with Gasteiger partial charge in [0.25, 0.3) is 0 Å². The second kappa shape index (κ2) is 10.7. The van der Waals surface area contributed by atoms with Crippen LogP contribution in [-0.4, -0.2) is 89.0 Å². The maximum atomic E-state index is 14.7. The number of carbonyl (C=O) groups excluding carboxylic acids is 3. The zero-order valence-electron chi connectivity index (χ0n) is 23.2. The molecule has 3 aliphatic rings. The van der Waals surface area contributed by atoms with E-state index in [0.29, 0.717) is 18.4 Å². The third kappa shape index (κ3) is 4.25. The number of rotatable bonds is 11. The van der Waals surface area contributed by atoms with Crippen molar-refractivity contribution in [2.45, 2.75) is 61.9 Å². The molecule has 3 fully saturated rings. The van der Waals surface area contributed by atoms with Crippen LogP contribution in [0.1, 0.15) is 33.6 Å². The second-order valence-electron chi connectivity index (χ2n) is 11.5. The van der Waals surface area contributed by atoms with Gasteiger partial charge in [-0.05, 0) is 37.8 Å². The van der Waals surface area contributed by atoms with Crippen LogP contribution in [0.25, 0.3) is 11.0 Å². The number of aromatic nitrogens is 3. The smallest absolute Gasteiger partial charge is 0.311 e. The molecular weight excluding hydrogens is 530 g/mol. The van der Waals surface area contributed by atoms with Gasteiger partial charge in [-0.3, -0.25) is 14.4 Å². The third-order valence-electron chi connectivity index (χ3n) is 8.75. The molecule has 11 heteroatoms. The van der Waals surface area contributed by atoms with Crippen LogP contribution < -0.4 is 0 Å². The number of aliphatic hydroxyl groups excluding tert-OH is 1. The van der Waals surface area contributed by atoms with Crippen molar-refractivity contribution in [3.63, 3.8) is 0 Å². The largest absolute Gasteiger partial charge is 0.461 e. The van der Waals surface area contributed by atoms with Crippen LogP contribution in [0.5, 0.6) is 0 Å². The normalized spacial score (nSPS) is 29.6. The van der Waals surface area contributed by atoms with Gasteiger partial charge in [0.1, 0.15) is 24.8 Å². The number of benzene rings is 1. The first-order chi connectivity index (χ1) is 19.1. The minimum Gasteiger partial charge on any atom is -0.461 e. The van der Waals surface area contributed by atoms with Gasteiger partial charge in [0.05, 0.1) is 34.7 Å². The highest BCUT2D eigenvalue weighted by Crippen LogP contribution is 2.72. The van der Waals surface area contributed by atoms with E-state index in [9.17, 15) is 19.5 Å². The highest BCUT2D eigenvalue weighted by molar-refractivity contribution is 8.02. The number of amides is 2. The molecule has 2 bridgehead atoms. The highest BCUT2D eigenvalue weighted by Gasteiger charge is 2.78. The van der Waals surface area contributed by atoms with Crippen LogP contribution in [-0.2, 0) is 25.8 Å². The second-order valence-corrected chi connectivity index (χ2v) is 13.4. The Bertz CT molecular complexity index is 1350. The number of esters is 1. The SMILES string of the molecule is C=CCOC(=O)[C@H]1[C@H]2C(=O)N([C@@H](CO)C(C)C)C(C(=O)N(CC=C)Cn3nnc4ccccc43)C23CC[C@]1(C)S3. The first-order valence-electron chi connectivity index (χ1n) is 13.7. The monoisotopic (exact) mass is 567 g/mol. The molecule has 3 saturated heterocycles. The molecule has 0 saturated carbocycles. The van der Waals surface area contributed by atoms with Gasteiger partial charge in [-0.1, -0.05) is 49.9 Å². The molecule has 1 N–H and O–H groups in total. The molecule has 2 aromatic rings. The van der Waals surface area contributed by atoms with Crippen LogP contribution in [0.15, 0.2) is 49.6 Å². The van der Waals surface area contributed by atoms with E-state index in [1.807, 2.05) is 45.0 Å². The highest BCUT2D eigenvalue weighted by atomic mass is 32.2. The Balaban J connectivity index is 1.58. The number of ether oxygens (including phenoxy) is 1. The van der Waals surface area contributed by atoms with Gasteiger partial charge in [-0.15, -0.1) is 23.4 Å². The number of aliphatic hydroxyl groups is 1. The predicted octanol–water partition coefficient (Wildman–Crippen LogP) is 2.63. The van der Waals surface area contributed by atoms with Gasteiger partial charge in [-0.2, -0.15) is 0 Å². The molecule has 5 rings (SSSR count). The number of hydrogen-bond donors (Lipinski definition) is 1. The first kappa shape index (κ1) is 28.4. The van der Waals surface area contributed by atoms with Crippen LogP contribution in [0, 0.1) is 17.8 Å². The van der Waals surface area contributed by atoms with Crippen LogP contribution in [0.4, 0.5) is 0 Å². The van der Waals surface area contributed by atoms with E-state index in [0.717, 1.165) is 5.52 Å². The van der Waals surface area contributed by atoms with E-state index in [1.165, 1.54) is 6.08 Å². The molecule has 2 amide bonds. The molecule has 40 heavy (non-hydrogen) atoms. The molecule has 4 heterocycles. The van der Waals surface area contributed by atoms with E-state index in [-0.39, 0.29) is 44.2 Å². The lowest BCUT2D eigenvalue weighted by molar-refractivity contribution is -0.155. The Labute approximate surface area is 238 Å². The van der Waals surface area contributed by atoms with Crippen LogP contribution in [0.3, 0.4) is 0 Å². The van der Waals surface area contributed by atoms with Crippen molar-refractivity contribution in [2.24, 2.45) is 17.8 Å². The lowest BCUT2D eigenvalue weighted by atomic mass is 9.66. The molecule has 6 atom stereocenters. The summed E-state index contributed by atoms with van der Waals surface area (Å²) in [7, 11) is 0. The summed E-state index contributed by atoms with van der Waals surface area (Å²) < 4.78 is 5.79. The third-order valence-corrected chi connectivity index (χ3v) is 10.7. The average molecular weight is 568 g/mol. The number of carbonyl (C=O) groups is 3. The van der Waals surface area contributed by atoms with Gasteiger partial charge in [0.2, 0.25) is 11.8 Å². The number of likely N-dealkylation sites (tertiary alicyclic amines) is 1. The molecule has 1 aromatic carbocycles. The molecule has 0 radical (unpaired) electrons. The van der Waals surface area contributed by atoms with Crippen LogP contribution in [0.2, 0.25) is 0 Å². The molecule has 0 aliphatic carbocycles. The van der Waals surface area contributed by atoms with E-state index < -0.39 is 39.4 Å². The number of fused-ring (bicyclic) bond motifs is 2. The van der Waals surface area contributed by atoms with Crippen molar-refractivity contribution >= 4 is 40.6 Å². The fourth-order valence-electron chi connectivity index (χ4n) is 6.94. The minimum absolute atomic E-state index is 0.0559. The molecule has 1 aromatic heterocycles. The number of para-hydroxylation sites is 1. The van der Waals surface area contributed by atoms with Crippen molar-refractivity contribution in [1.82, 2.24) is 24.8 Å². The van der Waals surface area contributed by atoms with Gasteiger partial charge in [0.15, 0.2) is 0 Å². The number of nitrogens with zero attached hydrogens (tertiary/aromatic N) is 5. The maximum absolute atomic E-state index is 14.7. The number of thioether (sulfide) groups is 1. The summed E-state index contributed by atoms with van der Waals surface area (Å²) in [5.74, 6) is -2.51. The molecule has 1 spiro atoms. The summed E-state index contributed by atoms with van der Waals surface area (Å²) in [4.78, 5) is 45.6. The van der Waals surface area contributed by atoms with Gasteiger partial charge >= 0.3 is 5.97 Å². The van der Waals surface area contributed by atoms with Gasteiger partial charge in [-0.25, -0.2) is 4.68 Å². The zero-order chi connectivity index (χ0) is 28.8. The van der Waals surface area contributed by atoms with Crippen LogP contribution >= 0.6 is 11.8 Å². The maximum Gasteiger partial charge on any atom is 0.311 e. The molecular formula is C29H37N5O5S. The van der Waals surface area contributed by atoms with E-state index >= 15 is 0 Å². The summed E-state index contributed by atoms with van der Waals surface area (Å²) in [5.41, 5.74) is 1.49. The zero-order valence-corrected chi connectivity index (χ0v) is 24.0. The minimum atomic E-state index is -0.872. The Kier molecular flexibility index (Phi) is 7.56. The van der Waals surface area contributed by atoms with Crippen molar-refractivity contribution < 1.29 is 24.2 Å². The van der Waals surface area contributed by atoms with Gasteiger partial charge in [0, 0.05) is 11.3 Å². The summed E-state index contributed by atoms with van der Waals surface area (Å²) in [6.07, 6.45) is 4.43. The lowest BCUT2D eigenvalue weighted by Crippen LogP contribution is -2.58. The molecule has 10 nitrogen and oxygen atoms in total. The Morgan fingerprint density at radius 3 is 2.70 bits per heavy atom. The van der Waals surface area contributed by atoms with Crippen molar-refractivity contribution in [3.8, 4) is 0 Å². The fourth-order valence-corrected chi connectivity index (χ4v) is 9.26. The van der Waals surface area contributed by atoms with E-state index in [2.05, 4.69) is 23.5 Å². The van der Waals surface area contributed by atoms with Crippen molar-refractivity contribution in [2.75, 3.05) is 19.8 Å². The first-order valence-corrected chi connectivity index (χ1v) is 14.5. The predicted molar refractivity (Wildman–Crippen MR) is 152 cm³/mol. The quantitative estimate of drug-likeness (QED) is 0.325. The Morgan fingerprint density at radius 2 is 2.02 bits per heavy atom.